The summed E-state index contributed by atoms with van der Waals surface area (Å²) in [5.41, 5.74) is -1.68. The normalized spacial score (nSPS) is 38.4. The van der Waals surface area contributed by atoms with Gasteiger partial charge in [-0.3, -0.25) is 14.4 Å². The number of rotatable bonds is 4. The van der Waals surface area contributed by atoms with Gasteiger partial charge in [0.15, 0.2) is 5.60 Å². The van der Waals surface area contributed by atoms with Crippen LogP contribution in [0.4, 0.5) is 0 Å². The van der Waals surface area contributed by atoms with Gasteiger partial charge < -0.3 is 18.9 Å². The smallest absolute Gasteiger partial charge is 0.338 e. The molecule has 0 N–H and O–H groups in total. The number of epoxide rings is 1. The molecule has 1 aromatic rings. The van der Waals surface area contributed by atoms with E-state index in [9.17, 15) is 19.2 Å². The van der Waals surface area contributed by atoms with Crippen LogP contribution in [0.1, 0.15) is 71.2 Å². The highest BCUT2D eigenvalue weighted by Gasteiger charge is 2.71. The molecule has 8 atom stereocenters. The Morgan fingerprint density at radius 2 is 1.69 bits per heavy atom. The Kier molecular flexibility index (Phi) is 6.77. The van der Waals surface area contributed by atoms with E-state index in [1.165, 1.54) is 13.8 Å². The van der Waals surface area contributed by atoms with Crippen LogP contribution in [0.2, 0.25) is 0 Å². The van der Waals surface area contributed by atoms with Crippen LogP contribution in [-0.2, 0) is 33.3 Å². The van der Waals surface area contributed by atoms with Crippen LogP contribution in [0, 0.1) is 29.1 Å². The summed E-state index contributed by atoms with van der Waals surface area (Å²) in [4.78, 5) is 52.9. The fourth-order valence-corrected chi connectivity index (χ4v) is 7.36. The van der Waals surface area contributed by atoms with E-state index in [2.05, 4.69) is 13.8 Å². The molecule has 1 spiro atoms. The average Bonchev–Trinajstić information content (AvgIpc) is 3.73. The van der Waals surface area contributed by atoms with Gasteiger partial charge >= 0.3 is 17.9 Å². The molecule has 8 nitrogen and oxygen atoms in total. The third-order valence-corrected chi connectivity index (χ3v) is 9.50. The van der Waals surface area contributed by atoms with Crippen LogP contribution in [0.15, 0.2) is 42.0 Å². The molecule has 0 bridgehead atoms. The summed E-state index contributed by atoms with van der Waals surface area (Å²) in [7, 11) is 0. The molecule has 1 saturated heterocycles. The summed E-state index contributed by atoms with van der Waals surface area (Å²) in [5.74, 6) is -2.86. The molecular weight excluding hydrogens is 500 g/mol. The number of allylic oxidation sites excluding steroid dienone is 1. The molecule has 2 saturated carbocycles. The molecule has 39 heavy (non-hydrogen) atoms. The zero-order valence-corrected chi connectivity index (χ0v) is 23.5. The first-order chi connectivity index (χ1) is 18.3. The predicted molar refractivity (Wildman–Crippen MR) is 140 cm³/mol. The molecule has 0 unspecified atom stereocenters. The Balaban J connectivity index is 1.66. The Morgan fingerprint density at radius 3 is 2.28 bits per heavy atom. The number of carbonyl (C=O) groups excluding carboxylic acids is 4. The number of benzene rings is 1. The van der Waals surface area contributed by atoms with Gasteiger partial charge in [-0.2, -0.15) is 0 Å². The zero-order chi connectivity index (χ0) is 28.3. The second-order valence-corrected chi connectivity index (χ2v) is 12.5. The molecule has 0 amide bonds. The van der Waals surface area contributed by atoms with Gasteiger partial charge in [0.2, 0.25) is 5.78 Å². The van der Waals surface area contributed by atoms with E-state index in [1.54, 1.807) is 37.3 Å². The molecule has 3 fully saturated rings. The average molecular weight is 539 g/mol. The molecule has 210 valence electrons. The van der Waals surface area contributed by atoms with Crippen molar-refractivity contribution in [3.05, 3.63) is 47.5 Å². The molecule has 4 aliphatic rings. The summed E-state index contributed by atoms with van der Waals surface area (Å²) in [6.45, 7) is 10.9. The van der Waals surface area contributed by atoms with Gasteiger partial charge in [0.25, 0.3) is 0 Å². The highest BCUT2D eigenvalue weighted by atomic mass is 16.6. The first kappa shape index (κ1) is 27.6. The third-order valence-electron chi connectivity index (χ3n) is 9.50. The number of esters is 3. The predicted octanol–water partition coefficient (Wildman–Crippen LogP) is 4.45. The number of carbonyl (C=O) groups is 4. The van der Waals surface area contributed by atoms with E-state index in [1.807, 2.05) is 13.0 Å². The van der Waals surface area contributed by atoms with Gasteiger partial charge in [0.1, 0.15) is 17.8 Å². The van der Waals surface area contributed by atoms with Gasteiger partial charge in [-0.15, -0.1) is 0 Å². The second-order valence-electron chi connectivity index (χ2n) is 12.5. The van der Waals surface area contributed by atoms with Crippen molar-refractivity contribution in [3.8, 4) is 0 Å². The third kappa shape index (κ3) is 4.71. The molecule has 1 aliphatic heterocycles. The van der Waals surface area contributed by atoms with Crippen molar-refractivity contribution in [2.45, 2.75) is 84.2 Å². The van der Waals surface area contributed by atoms with Crippen LogP contribution >= 0.6 is 0 Å². The maximum absolute atomic E-state index is 14.4. The van der Waals surface area contributed by atoms with Crippen molar-refractivity contribution >= 4 is 23.7 Å². The first-order valence-electron chi connectivity index (χ1n) is 13.8. The lowest BCUT2D eigenvalue weighted by atomic mass is 9.74. The standard InChI is InChI=1S/C31H38O8/c1-17-14-23-22(29(23,5)6)12-13-30(16-36-30)27(37-19(3)32)24-25(38-28(35)21-10-8-7-9-11-21)18(2)15-31(24,26(17)34)39-20(4)33/h7-11,14,18,22-25,27H,12-13,15-16H2,1-6H3/t18-,22-,23+,24+,25-,27+,30-,31+/m0/s1. The summed E-state index contributed by atoms with van der Waals surface area (Å²) in [5, 5.41) is 0. The Hall–Kier alpha value is -3.00. The van der Waals surface area contributed by atoms with Crippen molar-refractivity contribution in [1.29, 1.82) is 0 Å². The van der Waals surface area contributed by atoms with Crippen molar-refractivity contribution in [2.75, 3.05) is 6.61 Å². The molecular formula is C31H38O8. The van der Waals surface area contributed by atoms with Gasteiger partial charge in [-0.25, -0.2) is 4.79 Å². The van der Waals surface area contributed by atoms with E-state index in [4.69, 9.17) is 18.9 Å². The minimum Gasteiger partial charge on any atom is -0.459 e. The molecule has 0 radical (unpaired) electrons. The Bertz CT molecular complexity index is 1210. The SMILES string of the molecule is CC(=O)O[C@@H]1[C@H]2[C@@H](OC(=O)c3ccccc3)[C@@H](C)C[C@]2(OC(C)=O)C(=O)C(C)=C[C@@H]2[C@H](CC[C@]13CO3)C2(C)C. The zero-order valence-electron chi connectivity index (χ0n) is 23.5. The quantitative estimate of drug-likeness (QED) is 0.314. The van der Waals surface area contributed by atoms with Gasteiger partial charge in [0.05, 0.1) is 18.1 Å². The molecule has 8 heteroatoms. The topological polar surface area (TPSA) is 108 Å². The van der Waals surface area contributed by atoms with Gasteiger partial charge in [0, 0.05) is 20.3 Å². The number of hydrogen-bond acceptors (Lipinski definition) is 8. The van der Waals surface area contributed by atoms with E-state index >= 15 is 0 Å². The van der Waals surface area contributed by atoms with Gasteiger partial charge in [-0.1, -0.05) is 45.0 Å². The van der Waals surface area contributed by atoms with E-state index in [0.717, 1.165) is 6.42 Å². The molecule has 1 aromatic carbocycles. The first-order valence-corrected chi connectivity index (χ1v) is 13.8. The van der Waals surface area contributed by atoms with Crippen LogP contribution in [0.5, 0.6) is 0 Å². The Morgan fingerprint density at radius 1 is 1.03 bits per heavy atom. The molecule has 1 heterocycles. The van der Waals surface area contributed by atoms with Crippen molar-refractivity contribution < 1.29 is 38.1 Å². The monoisotopic (exact) mass is 538 g/mol. The number of hydrogen-bond donors (Lipinski definition) is 0. The highest BCUT2D eigenvalue weighted by molar-refractivity contribution is 6.03. The number of ether oxygens (including phenoxy) is 4. The largest absolute Gasteiger partial charge is 0.459 e. The fourth-order valence-electron chi connectivity index (χ4n) is 7.36. The maximum atomic E-state index is 14.4. The van der Waals surface area contributed by atoms with Crippen molar-refractivity contribution in [2.24, 2.45) is 29.1 Å². The van der Waals surface area contributed by atoms with Crippen molar-refractivity contribution in [3.63, 3.8) is 0 Å². The van der Waals surface area contributed by atoms with Crippen LogP contribution in [0.3, 0.4) is 0 Å². The minimum atomic E-state index is -1.69. The lowest BCUT2D eigenvalue weighted by molar-refractivity contribution is -0.186. The summed E-state index contributed by atoms with van der Waals surface area (Å²) in [6.07, 6.45) is 1.74. The number of ketones is 1. The minimum absolute atomic E-state index is 0.0124. The van der Waals surface area contributed by atoms with Crippen LogP contribution < -0.4 is 0 Å². The Labute approximate surface area is 229 Å². The number of Topliss-reactive ketones (excluding diaryl/α,β-unsaturated/α-hetero) is 1. The second kappa shape index (κ2) is 9.58. The van der Waals surface area contributed by atoms with Crippen LogP contribution in [0.25, 0.3) is 0 Å². The van der Waals surface area contributed by atoms with E-state index in [0.29, 0.717) is 30.1 Å². The van der Waals surface area contributed by atoms with Crippen LogP contribution in [-0.4, -0.2) is 53.7 Å². The molecule has 5 rings (SSSR count). The van der Waals surface area contributed by atoms with E-state index < -0.39 is 47.2 Å². The highest BCUT2D eigenvalue weighted by Crippen LogP contribution is 2.64. The summed E-state index contributed by atoms with van der Waals surface area (Å²) >= 11 is 0. The lowest BCUT2D eigenvalue weighted by Crippen LogP contribution is -2.58. The molecule has 3 aliphatic carbocycles. The lowest BCUT2D eigenvalue weighted by Gasteiger charge is -2.41. The van der Waals surface area contributed by atoms with Gasteiger partial charge in [-0.05, 0) is 60.6 Å². The fraction of sp³-hybridized carbons (Fsp3) is 0.613. The summed E-state index contributed by atoms with van der Waals surface area (Å²) in [6, 6.07) is 8.59. The maximum Gasteiger partial charge on any atom is 0.338 e. The van der Waals surface area contributed by atoms with E-state index in [-0.39, 0.29) is 29.5 Å². The summed E-state index contributed by atoms with van der Waals surface area (Å²) < 4.78 is 24.2. The number of fused-ring (bicyclic) bond motifs is 2. The van der Waals surface area contributed by atoms with Crippen molar-refractivity contribution in [1.82, 2.24) is 0 Å². The molecule has 0 aromatic heterocycles.